The summed E-state index contributed by atoms with van der Waals surface area (Å²) < 4.78 is 35.6. The maximum atomic E-state index is 14.5. The zero-order valence-corrected chi connectivity index (χ0v) is 42.1. The number of hydrogen-bond acceptors (Lipinski definition) is 13. The fourth-order valence-electron chi connectivity index (χ4n) is 9.68. The molecule has 0 bridgehead atoms. The molecule has 3 heterocycles. The zero-order valence-electron chi connectivity index (χ0n) is 42.1. The van der Waals surface area contributed by atoms with Crippen molar-refractivity contribution in [3.8, 4) is 0 Å². The van der Waals surface area contributed by atoms with Gasteiger partial charge in [0.05, 0.1) is 106 Å². The number of nitrogens with two attached hydrogens (primary N) is 1. The maximum Gasteiger partial charge on any atom is 0.261 e. The van der Waals surface area contributed by atoms with E-state index in [4.69, 9.17) is 34.2 Å². The Balaban J connectivity index is 1.16. The molecule has 10 unspecified atom stereocenters. The van der Waals surface area contributed by atoms with E-state index in [9.17, 15) is 24.0 Å². The molecule has 15 nitrogen and oxygen atoms in total. The predicted molar refractivity (Wildman–Crippen MR) is 256 cm³/mol. The minimum atomic E-state index is -1.16. The molecule has 67 heavy (non-hydrogen) atoms. The van der Waals surface area contributed by atoms with Gasteiger partial charge in [0.2, 0.25) is 0 Å². The lowest BCUT2D eigenvalue weighted by atomic mass is 9.76. The minimum absolute atomic E-state index is 0.0589. The van der Waals surface area contributed by atoms with Crippen molar-refractivity contribution in [1.82, 2.24) is 14.7 Å². The highest BCUT2D eigenvalue weighted by molar-refractivity contribution is 6.23. The number of imide groups is 1. The minimum Gasteiger partial charge on any atom is -0.377 e. The van der Waals surface area contributed by atoms with E-state index in [1.807, 2.05) is 55.4 Å². The molecule has 1 saturated heterocycles. The molecule has 2 N–H and O–H groups in total. The number of rotatable bonds is 29. The Morgan fingerprint density at radius 3 is 1.51 bits per heavy atom. The van der Waals surface area contributed by atoms with Gasteiger partial charge in [-0.1, -0.05) is 39.8 Å². The number of carbonyl (C=O) groups excluding carboxylic acids is 5. The second kappa shape index (κ2) is 24.1. The molecule has 0 aliphatic carbocycles. The zero-order chi connectivity index (χ0) is 49.3. The van der Waals surface area contributed by atoms with Crippen LogP contribution in [0.1, 0.15) is 166 Å². The molecule has 15 heteroatoms. The quantitative estimate of drug-likeness (QED) is 0.0516. The number of nitrogens with zero attached hydrogens (tertiary/aromatic N) is 3. The third kappa shape index (κ3) is 12.5. The van der Waals surface area contributed by atoms with Gasteiger partial charge in [-0.05, 0) is 105 Å². The topological polar surface area (TPSA) is 176 Å². The average Bonchev–Trinajstić information content (AvgIpc) is 3.99. The number of amides is 3. The van der Waals surface area contributed by atoms with E-state index in [1.54, 1.807) is 11.8 Å². The standard InChI is InChI=1S/C52H78N4O11/c1-13-45-46(14-2)54(45)32(6)24-63-28-36(10)67-29-37(11)64-25-33(7)55-49(59)42-20-18-40(22-44(42)50(55)60)47(57)39-17-19-41-43(21-39)48(58)52(15-3,16-4)56(51(41)61)34(8)26-65-38(12)30-66-35(9)27-62-23-31(5)53/h17-22,31-38,45-46H,13-16,23-30,53H2,1-12H3. The lowest BCUT2D eigenvalue weighted by molar-refractivity contribution is -0.0693. The highest BCUT2D eigenvalue weighted by Gasteiger charge is 2.51. The summed E-state index contributed by atoms with van der Waals surface area (Å²) in [4.78, 5) is 75.6. The molecular formula is C52H78N4O11. The summed E-state index contributed by atoms with van der Waals surface area (Å²) in [6.45, 7) is 26.4. The van der Waals surface area contributed by atoms with Gasteiger partial charge in [0.15, 0.2) is 11.6 Å². The van der Waals surface area contributed by atoms with Crippen LogP contribution in [0.5, 0.6) is 0 Å². The smallest absolute Gasteiger partial charge is 0.261 e. The van der Waals surface area contributed by atoms with Crippen LogP contribution >= 0.6 is 0 Å². The second-order valence-electron chi connectivity index (χ2n) is 19.1. The summed E-state index contributed by atoms with van der Waals surface area (Å²) in [5.41, 5.74) is 5.65. The number of fused-ring (bicyclic) bond motifs is 2. The molecule has 3 amide bonds. The fourth-order valence-corrected chi connectivity index (χ4v) is 9.68. The molecule has 0 aromatic heterocycles. The first-order chi connectivity index (χ1) is 31.8. The number of benzene rings is 2. The first-order valence-corrected chi connectivity index (χ1v) is 24.6. The van der Waals surface area contributed by atoms with E-state index in [2.05, 4.69) is 25.7 Å². The van der Waals surface area contributed by atoms with Gasteiger partial charge < -0.3 is 39.1 Å². The average molecular weight is 935 g/mol. The van der Waals surface area contributed by atoms with Gasteiger partial charge >= 0.3 is 0 Å². The van der Waals surface area contributed by atoms with Crippen LogP contribution in [0.2, 0.25) is 0 Å². The SMILES string of the molecule is CCC1C(CC)N1C(C)COCC(C)OCC(C)OCC(C)N1C(=O)c2ccc(C(=O)c3ccc4c(c3)C(=O)C(CC)(CC)N(C(C)COC(C)COC(C)COCC(C)N)C4=O)cc2C1=O. The van der Waals surface area contributed by atoms with E-state index in [0.717, 1.165) is 12.8 Å². The Morgan fingerprint density at radius 2 is 1.00 bits per heavy atom. The fraction of sp³-hybridized carbons (Fsp3) is 0.673. The molecule has 0 saturated carbocycles. The summed E-state index contributed by atoms with van der Waals surface area (Å²) in [7, 11) is 0. The maximum absolute atomic E-state index is 14.5. The van der Waals surface area contributed by atoms with Crippen molar-refractivity contribution < 1.29 is 52.4 Å². The van der Waals surface area contributed by atoms with Crippen molar-refractivity contribution in [1.29, 1.82) is 0 Å². The molecule has 0 radical (unpaired) electrons. The second-order valence-corrected chi connectivity index (χ2v) is 19.1. The molecular weight excluding hydrogens is 857 g/mol. The molecule has 372 valence electrons. The van der Waals surface area contributed by atoms with Crippen LogP contribution in [0.3, 0.4) is 0 Å². The summed E-state index contributed by atoms with van der Waals surface area (Å²) in [6.07, 6.45) is 2.14. The van der Waals surface area contributed by atoms with Crippen molar-refractivity contribution in [3.05, 3.63) is 69.8 Å². The summed E-state index contributed by atoms with van der Waals surface area (Å²) >= 11 is 0. The highest BCUT2D eigenvalue weighted by Crippen LogP contribution is 2.39. The van der Waals surface area contributed by atoms with Crippen LogP contribution in [0, 0.1) is 0 Å². The highest BCUT2D eigenvalue weighted by atomic mass is 16.6. The van der Waals surface area contributed by atoms with Crippen molar-refractivity contribution in [3.63, 3.8) is 0 Å². The lowest BCUT2D eigenvalue weighted by Gasteiger charge is -2.48. The Hall–Kier alpha value is -3.93. The molecule has 2 aromatic carbocycles. The lowest BCUT2D eigenvalue weighted by Crippen LogP contribution is -2.63. The number of ether oxygens (including phenoxy) is 6. The Kier molecular flexibility index (Phi) is 19.4. The van der Waals surface area contributed by atoms with Gasteiger partial charge in [0, 0.05) is 40.9 Å². The third-order valence-corrected chi connectivity index (χ3v) is 13.5. The van der Waals surface area contributed by atoms with E-state index in [0.29, 0.717) is 70.6 Å². The van der Waals surface area contributed by atoms with Gasteiger partial charge in [0.25, 0.3) is 17.7 Å². The van der Waals surface area contributed by atoms with Gasteiger partial charge in [-0.3, -0.25) is 33.8 Å². The molecule has 0 spiro atoms. The molecule has 3 aliphatic heterocycles. The first-order valence-electron chi connectivity index (χ1n) is 24.6. The van der Waals surface area contributed by atoms with Crippen molar-refractivity contribution >= 4 is 29.3 Å². The Bertz CT molecular complexity index is 2030. The summed E-state index contributed by atoms with van der Waals surface area (Å²) in [6, 6.07) is 9.52. The van der Waals surface area contributed by atoms with Gasteiger partial charge in [-0.15, -0.1) is 0 Å². The van der Waals surface area contributed by atoms with Crippen LogP contribution in [-0.2, 0) is 28.4 Å². The number of Topliss-reactive ketones (excluding diaryl/α,β-unsaturated/α-hetero) is 1. The molecule has 3 aliphatic rings. The number of ketones is 2. The molecule has 10 atom stereocenters. The van der Waals surface area contributed by atoms with E-state index >= 15 is 0 Å². The summed E-state index contributed by atoms with van der Waals surface area (Å²) in [5, 5.41) is 0. The molecule has 2 aromatic rings. The van der Waals surface area contributed by atoms with Crippen LogP contribution in [0.25, 0.3) is 0 Å². The van der Waals surface area contributed by atoms with Crippen LogP contribution in [-0.4, -0.2) is 163 Å². The largest absolute Gasteiger partial charge is 0.377 e. The first kappa shape index (κ1) is 54.0. The van der Waals surface area contributed by atoms with Crippen LogP contribution in [0.15, 0.2) is 36.4 Å². The van der Waals surface area contributed by atoms with E-state index < -0.39 is 35.2 Å². The van der Waals surface area contributed by atoms with Gasteiger partial charge in [-0.2, -0.15) is 0 Å². The van der Waals surface area contributed by atoms with Crippen LogP contribution < -0.4 is 5.73 Å². The van der Waals surface area contributed by atoms with Gasteiger partial charge in [0.1, 0.15) is 5.54 Å². The molecule has 1 fully saturated rings. The molecule has 5 rings (SSSR count). The normalized spacial score (nSPS) is 22.5. The monoisotopic (exact) mass is 935 g/mol. The van der Waals surface area contributed by atoms with Crippen molar-refractivity contribution in [2.45, 2.75) is 175 Å². The van der Waals surface area contributed by atoms with Gasteiger partial charge in [-0.25, -0.2) is 0 Å². The number of hydrogen-bond donors (Lipinski definition) is 1. The van der Waals surface area contributed by atoms with Crippen LogP contribution in [0.4, 0.5) is 0 Å². The van der Waals surface area contributed by atoms with E-state index in [1.165, 1.54) is 41.3 Å². The van der Waals surface area contributed by atoms with Crippen molar-refractivity contribution in [2.75, 3.05) is 52.9 Å². The third-order valence-electron chi connectivity index (χ3n) is 13.5. The predicted octanol–water partition coefficient (Wildman–Crippen LogP) is 6.75. The number of carbonyl (C=O) groups is 5. The Morgan fingerprint density at radius 1 is 0.552 bits per heavy atom. The van der Waals surface area contributed by atoms with E-state index in [-0.39, 0.29) is 88.7 Å². The summed E-state index contributed by atoms with van der Waals surface area (Å²) in [5.74, 6) is -2.01. The van der Waals surface area contributed by atoms with Crippen molar-refractivity contribution in [2.24, 2.45) is 5.73 Å². The Labute approximate surface area is 398 Å².